The number of thiophene rings is 1. The monoisotopic (exact) mass is 430 g/mol. The van der Waals surface area contributed by atoms with Gasteiger partial charge in [0.2, 0.25) is 0 Å². The van der Waals surface area contributed by atoms with Gasteiger partial charge in [0.05, 0.1) is 17.6 Å². The van der Waals surface area contributed by atoms with Crippen LogP contribution in [0.2, 0.25) is 0 Å². The minimum absolute atomic E-state index is 0.181. The number of rotatable bonds is 3. The molecule has 0 saturated carbocycles. The average molecular weight is 431 g/mol. The van der Waals surface area contributed by atoms with E-state index in [1.165, 1.54) is 26.1 Å². The summed E-state index contributed by atoms with van der Waals surface area (Å²) in [4.78, 5) is 29.5. The van der Waals surface area contributed by atoms with Crippen LogP contribution in [0.1, 0.15) is 45.5 Å². The number of aryl methyl sites for hydroxylation is 5. The molecule has 158 valence electrons. The van der Waals surface area contributed by atoms with Crippen LogP contribution in [0.3, 0.4) is 0 Å². The lowest BCUT2D eigenvalue weighted by atomic mass is 9.97. The lowest BCUT2D eigenvalue weighted by molar-refractivity contribution is 0.695. The fourth-order valence-electron chi connectivity index (χ4n) is 4.93. The Hall–Kier alpha value is -2.92. The van der Waals surface area contributed by atoms with Gasteiger partial charge in [-0.25, -0.2) is 9.36 Å². The highest BCUT2D eigenvalue weighted by Crippen LogP contribution is 2.34. The van der Waals surface area contributed by atoms with Crippen molar-refractivity contribution in [2.45, 2.75) is 53.0 Å². The second-order valence-corrected chi connectivity index (χ2v) is 9.70. The van der Waals surface area contributed by atoms with E-state index in [1.54, 1.807) is 11.3 Å². The number of aromatic nitrogens is 2. The number of fused-ring (bicyclic) bond motifs is 3. The zero-order chi connectivity index (χ0) is 21.7. The predicted molar refractivity (Wildman–Crippen MR) is 128 cm³/mol. The summed E-state index contributed by atoms with van der Waals surface area (Å²) in [5.74, 6) is 0. The first-order valence-corrected chi connectivity index (χ1v) is 11.7. The van der Waals surface area contributed by atoms with Gasteiger partial charge in [-0.05, 0) is 80.8 Å². The van der Waals surface area contributed by atoms with E-state index >= 15 is 0 Å². The second-order valence-electron chi connectivity index (χ2n) is 8.61. The third-order valence-corrected chi connectivity index (χ3v) is 7.72. The van der Waals surface area contributed by atoms with Crippen LogP contribution in [0.5, 0.6) is 0 Å². The normalized spacial score (nSPS) is 13.5. The predicted octanol–water partition coefficient (Wildman–Crippen LogP) is 5.07. The zero-order valence-corrected chi connectivity index (χ0v) is 19.0. The Kier molecular flexibility index (Phi) is 4.94. The molecule has 0 fully saturated rings. The molecule has 0 amide bonds. The van der Waals surface area contributed by atoms with Gasteiger partial charge >= 0.3 is 5.69 Å². The van der Waals surface area contributed by atoms with Crippen LogP contribution in [0.15, 0.2) is 52.1 Å². The van der Waals surface area contributed by atoms with E-state index in [4.69, 9.17) is 0 Å². The van der Waals surface area contributed by atoms with Gasteiger partial charge in [-0.1, -0.05) is 35.9 Å². The molecule has 5 rings (SSSR count). The Morgan fingerprint density at radius 2 is 1.61 bits per heavy atom. The first kappa shape index (κ1) is 20.0. The van der Waals surface area contributed by atoms with Crippen LogP contribution in [-0.2, 0) is 19.4 Å². The van der Waals surface area contributed by atoms with E-state index in [0.717, 1.165) is 47.0 Å². The van der Waals surface area contributed by atoms with E-state index in [1.807, 2.05) is 34.9 Å². The summed E-state index contributed by atoms with van der Waals surface area (Å²) in [6.45, 7) is 6.77. The van der Waals surface area contributed by atoms with Gasteiger partial charge in [-0.3, -0.25) is 9.36 Å². The van der Waals surface area contributed by atoms with Crippen molar-refractivity contribution >= 4 is 21.6 Å². The van der Waals surface area contributed by atoms with E-state index in [-0.39, 0.29) is 11.2 Å². The van der Waals surface area contributed by atoms with Crippen molar-refractivity contribution < 1.29 is 0 Å². The molecule has 2 aromatic carbocycles. The molecule has 0 aliphatic heterocycles. The third-order valence-electron chi connectivity index (χ3n) is 6.41. The maximum atomic E-state index is 13.7. The fourth-order valence-corrected chi connectivity index (χ4v) is 6.30. The number of para-hydroxylation sites is 1. The Labute approximate surface area is 185 Å². The van der Waals surface area contributed by atoms with Gasteiger partial charge in [0.25, 0.3) is 5.56 Å². The van der Waals surface area contributed by atoms with Crippen LogP contribution in [0.4, 0.5) is 0 Å². The van der Waals surface area contributed by atoms with Gasteiger partial charge in [0.15, 0.2) is 0 Å². The van der Waals surface area contributed by atoms with Crippen LogP contribution in [0.25, 0.3) is 15.9 Å². The molecule has 4 aromatic rings. The molecule has 1 aliphatic carbocycles. The molecule has 31 heavy (non-hydrogen) atoms. The minimum Gasteiger partial charge on any atom is -0.279 e. The second kappa shape index (κ2) is 7.65. The highest BCUT2D eigenvalue weighted by molar-refractivity contribution is 7.18. The van der Waals surface area contributed by atoms with Crippen molar-refractivity contribution in [3.05, 3.63) is 96.0 Å². The lowest BCUT2D eigenvalue weighted by Crippen LogP contribution is -2.39. The van der Waals surface area contributed by atoms with Crippen molar-refractivity contribution in [3.8, 4) is 5.69 Å². The minimum atomic E-state index is -0.262. The number of nitrogens with zero attached hydrogens (tertiary/aromatic N) is 2. The molecule has 2 aromatic heterocycles. The summed E-state index contributed by atoms with van der Waals surface area (Å²) >= 11 is 1.64. The Morgan fingerprint density at radius 1 is 0.935 bits per heavy atom. The van der Waals surface area contributed by atoms with Crippen LogP contribution in [-0.4, -0.2) is 9.13 Å². The highest BCUT2D eigenvalue weighted by atomic mass is 32.1. The molecule has 0 unspecified atom stereocenters. The fraction of sp³-hybridized carbons (Fsp3) is 0.308. The molecular weight excluding hydrogens is 404 g/mol. The maximum Gasteiger partial charge on any atom is 0.337 e. The van der Waals surface area contributed by atoms with Gasteiger partial charge in [-0.2, -0.15) is 0 Å². The molecule has 0 N–H and O–H groups in total. The quantitative estimate of drug-likeness (QED) is 0.456. The molecule has 2 heterocycles. The maximum absolute atomic E-state index is 13.7. The molecular formula is C26H26N2O2S. The van der Waals surface area contributed by atoms with Gasteiger partial charge in [0.1, 0.15) is 4.83 Å². The molecule has 5 heteroatoms. The molecule has 1 aliphatic rings. The Morgan fingerprint density at radius 3 is 2.32 bits per heavy atom. The van der Waals surface area contributed by atoms with Gasteiger partial charge in [-0.15, -0.1) is 11.3 Å². The summed E-state index contributed by atoms with van der Waals surface area (Å²) in [7, 11) is 0. The van der Waals surface area contributed by atoms with Gasteiger partial charge < -0.3 is 0 Å². The summed E-state index contributed by atoms with van der Waals surface area (Å²) in [6, 6.07) is 13.6. The average Bonchev–Trinajstić information content (AvgIpc) is 3.13. The van der Waals surface area contributed by atoms with Crippen molar-refractivity contribution in [1.29, 1.82) is 0 Å². The number of hydrogen-bond acceptors (Lipinski definition) is 3. The van der Waals surface area contributed by atoms with E-state index in [9.17, 15) is 9.59 Å². The summed E-state index contributed by atoms with van der Waals surface area (Å²) in [5.41, 5.74) is 6.07. The standard InChI is InChI=1S/C26H26N2O2S/c1-16-13-17(2)21(18(3)14-16)15-27-25-23(20-11-7-8-12-22(20)31-25)24(29)28(26(27)30)19-9-5-4-6-10-19/h4-6,9-10,13-14H,7-8,11-12,15H2,1-3H3. The van der Waals surface area contributed by atoms with Crippen molar-refractivity contribution in [2.75, 3.05) is 0 Å². The summed E-state index contributed by atoms with van der Waals surface area (Å²) in [5, 5.41) is 0.741. The Balaban J connectivity index is 1.85. The smallest absolute Gasteiger partial charge is 0.279 e. The van der Waals surface area contributed by atoms with Crippen LogP contribution >= 0.6 is 11.3 Å². The zero-order valence-electron chi connectivity index (χ0n) is 18.2. The third kappa shape index (κ3) is 3.28. The summed E-state index contributed by atoms with van der Waals surface area (Å²) in [6.07, 6.45) is 4.16. The topological polar surface area (TPSA) is 44.0 Å². The van der Waals surface area contributed by atoms with E-state index in [0.29, 0.717) is 12.2 Å². The van der Waals surface area contributed by atoms with Crippen molar-refractivity contribution in [3.63, 3.8) is 0 Å². The molecule has 0 spiro atoms. The first-order valence-electron chi connectivity index (χ1n) is 10.9. The summed E-state index contributed by atoms with van der Waals surface area (Å²) < 4.78 is 3.19. The van der Waals surface area contributed by atoms with Crippen molar-refractivity contribution in [2.24, 2.45) is 0 Å². The highest BCUT2D eigenvalue weighted by Gasteiger charge is 2.24. The SMILES string of the molecule is Cc1cc(C)c(Cn2c(=O)n(-c3ccccc3)c(=O)c3c4c(sc32)CCCC4)c(C)c1. The molecule has 4 nitrogen and oxygen atoms in total. The van der Waals surface area contributed by atoms with Crippen LogP contribution in [0, 0.1) is 20.8 Å². The number of benzene rings is 2. The molecule has 0 atom stereocenters. The Bertz CT molecular complexity index is 1400. The molecule has 0 bridgehead atoms. The van der Waals surface area contributed by atoms with Gasteiger partial charge in [0, 0.05) is 4.88 Å². The molecule has 0 radical (unpaired) electrons. The van der Waals surface area contributed by atoms with E-state index in [2.05, 4.69) is 32.9 Å². The van der Waals surface area contributed by atoms with E-state index < -0.39 is 0 Å². The van der Waals surface area contributed by atoms with Crippen LogP contribution < -0.4 is 11.2 Å². The molecule has 0 saturated heterocycles. The van der Waals surface area contributed by atoms with Crippen molar-refractivity contribution in [1.82, 2.24) is 9.13 Å². The number of hydrogen-bond donors (Lipinski definition) is 0. The largest absolute Gasteiger partial charge is 0.337 e. The lowest BCUT2D eigenvalue weighted by Gasteiger charge is -2.16. The first-order chi connectivity index (χ1) is 15.0.